The number of ether oxygens (including phenoxy) is 2. The zero-order valence-electron chi connectivity index (χ0n) is 16.8. The number of halogens is 1. The number of carbonyl (C=O) groups is 2. The summed E-state index contributed by atoms with van der Waals surface area (Å²) in [6.45, 7) is 2.17. The van der Waals surface area contributed by atoms with Crippen molar-refractivity contribution >= 4 is 11.9 Å². The van der Waals surface area contributed by atoms with E-state index in [2.05, 4.69) is 6.92 Å². The van der Waals surface area contributed by atoms with Crippen molar-refractivity contribution in [2.75, 3.05) is 0 Å². The van der Waals surface area contributed by atoms with Crippen molar-refractivity contribution in [3.05, 3.63) is 95.3 Å². The van der Waals surface area contributed by atoms with E-state index in [1.54, 1.807) is 12.1 Å². The molecule has 0 unspecified atom stereocenters. The predicted molar refractivity (Wildman–Crippen MR) is 112 cm³/mol. The summed E-state index contributed by atoms with van der Waals surface area (Å²) in [5, 5.41) is 0. The third kappa shape index (κ3) is 6.01. The second kappa shape index (κ2) is 10.3. The first-order valence-electron chi connectivity index (χ1n) is 9.94. The molecule has 0 N–H and O–H groups in total. The van der Waals surface area contributed by atoms with Crippen LogP contribution in [0.2, 0.25) is 0 Å². The molecule has 5 heteroatoms. The van der Waals surface area contributed by atoms with Gasteiger partial charge in [-0.15, -0.1) is 0 Å². The number of unbranched alkanes of at least 4 members (excludes halogenated alkanes) is 2. The molecule has 0 atom stereocenters. The van der Waals surface area contributed by atoms with Gasteiger partial charge in [0.05, 0.1) is 11.1 Å². The highest BCUT2D eigenvalue weighted by molar-refractivity contribution is 5.92. The van der Waals surface area contributed by atoms with E-state index in [4.69, 9.17) is 9.47 Å². The molecule has 30 heavy (non-hydrogen) atoms. The minimum absolute atomic E-state index is 0.234. The maximum atomic E-state index is 12.9. The summed E-state index contributed by atoms with van der Waals surface area (Å²) >= 11 is 0. The number of benzene rings is 3. The van der Waals surface area contributed by atoms with E-state index in [1.807, 2.05) is 12.1 Å². The number of rotatable bonds is 8. The van der Waals surface area contributed by atoms with E-state index in [0.717, 1.165) is 12.8 Å². The molecule has 3 aromatic rings. The fraction of sp³-hybridized carbons (Fsp3) is 0.200. The molecule has 0 spiro atoms. The van der Waals surface area contributed by atoms with Gasteiger partial charge in [-0.2, -0.15) is 0 Å². The minimum atomic E-state index is -0.607. The Morgan fingerprint density at radius 3 is 1.67 bits per heavy atom. The van der Waals surface area contributed by atoms with Crippen molar-refractivity contribution in [2.45, 2.75) is 32.6 Å². The highest BCUT2D eigenvalue weighted by Crippen LogP contribution is 2.18. The number of esters is 2. The van der Waals surface area contributed by atoms with Crippen molar-refractivity contribution in [2.24, 2.45) is 0 Å². The second-order valence-corrected chi connectivity index (χ2v) is 6.91. The fourth-order valence-corrected chi connectivity index (χ4v) is 2.88. The van der Waals surface area contributed by atoms with E-state index in [-0.39, 0.29) is 11.3 Å². The van der Waals surface area contributed by atoms with Gasteiger partial charge in [0.2, 0.25) is 0 Å². The van der Waals surface area contributed by atoms with Crippen molar-refractivity contribution in [3.63, 3.8) is 0 Å². The molecule has 0 saturated heterocycles. The Balaban J connectivity index is 1.55. The van der Waals surface area contributed by atoms with Gasteiger partial charge in [-0.3, -0.25) is 0 Å². The highest BCUT2D eigenvalue weighted by atomic mass is 19.1. The maximum Gasteiger partial charge on any atom is 0.343 e. The molecule has 4 nitrogen and oxygen atoms in total. The fourth-order valence-electron chi connectivity index (χ4n) is 2.88. The Morgan fingerprint density at radius 1 is 0.700 bits per heavy atom. The lowest BCUT2D eigenvalue weighted by molar-refractivity contribution is 0.0730. The lowest BCUT2D eigenvalue weighted by Gasteiger charge is -2.07. The van der Waals surface area contributed by atoms with Crippen LogP contribution in [0.1, 0.15) is 52.5 Å². The molecule has 0 amide bonds. The van der Waals surface area contributed by atoms with Crippen LogP contribution in [-0.4, -0.2) is 11.9 Å². The van der Waals surface area contributed by atoms with E-state index in [9.17, 15) is 14.0 Å². The third-order valence-electron chi connectivity index (χ3n) is 4.58. The quantitative estimate of drug-likeness (QED) is 0.262. The first-order valence-corrected chi connectivity index (χ1v) is 9.94. The highest BCUT2D eigenvalue weighted by Gasteiger charge is 2.12. The van der Waals surface area contributed by atoms with Crippen LogP contribution in [0.4, 0.5) is 4.39 Å². The number of aryl methyl sites for hydroxylation is 1. The largest absolute Gasteiger partial charge is 0.423 e. The van der Waals surface area contributed by atoms with Crippen LogP contribution >= 0.6 is 0 Å². The van der Waals surface area contributed by atoms with Gasteiger partial charge in [-0.05, 0) is 79.1 Å². The van der Waals surface area contributed by atoms with Gasteiger partial charge in [-0.1, -0.05) is 31.9 Å². The third-order valence-corrected chi connectivity index (χ3v) is 4.58. The van der Waals surface area contributed by atoms with Gasteiger partial charge in [0.25, 0.3) is 0 Å². The van der Waals surface area contributed by atoms with Gasteiger partial charge in [0.1, 0.15) is 17.3 Å². The molecule has 0 aromatic heterocycles. The van der Waals surface area contributed by atoms with Gasteiger partial charge < -0.3 is 9.47 Å². The molecular weight excluding hydrogens is 383 g/mol. The second-order valence-electron chi connectivity index (χ2n) is 6.91. The SMILES string of the molecule is CCCCCc1ccc(OC(=O)c2ccc(OC(=O)c3ccc(F)cc3)cc2)cc1. The zero-order valence-corrected chi connectivity index (χ0v) is 16.8. The van der Waals surface area contributed by atoms with Crippen LogP contribution in [-0.2, 0) is 6.42 Å². The molecule has 0 heterocycles. The molecule has 0 fully saturated rings. The van der Waals surface area contributed by atoms with Crippen molar-refractivity contribution in [3.8, 4) is 11.5 Å². The standard InChI is InChI=1S/C25H23FO4/c1-2-3-4-5-18-6-14-22(15-7-18)29-25(28)20-10-16-23(17-11-20)30-24(27)19-8-12-21(26)13-9-19/h6-17H,2-5H2,1H3. The Morgan fingerprint density at radius 2 is 1.17 bits per heavy atom. The number of hydrogen-bond donors (Lipinski definition) is 0. The summed E-state index contributed by atoms with van der Waals surface area (Å²) in [7, 11) is 0. The summed E-state index contributed by atoms with van der Waals surface area (Å²) in [5.74, 6) is -0.779. The van der Waals surface area contributed by atoms with E-state index in [1.165, 1.54) is 66.9 Å². The van der Waals surface area contributed by atoms with Crippen LogP contribution in [0.25, 0.3) is 0 Å². The Kier molecular flexibility index (Phi) is 7.33. The van der Waals surface area contributed by atoms with Gasteiger partial charge in [0.15, 0.2) is 0 Å². The van der Waals surface area contributed by atoms with Crippen LogP contribution in [0.15, 0.2) is 72.8 Å². The summed E-state index contributed by atoms with van der Waals surface area (Å²) < 4.78 is 23.6. The van der Waals surface area contributed by atoms with Crippen LogP contribution < -0.4 is 9.47 Å². The Labute approximate surface area is 175 Å². The lowest BCUT2D eigenvalue weighted by Crippen LogP contribution is -2.10. The number of carbonyl (C=O) groups excluding carboxylic acids is 2. The van der Waals surface area contributed by atoms with E-state index >= 15 is 0 Å². The normalized spacial score (nSPS) is 10.5. The summed E-state index contributed by atoms with van der Waals surface area (Å²) in [5.41, 5.74) is 1.79. The summed E-state index contributed by atoms with van der Waals surface area (Å²) in [4.78, 5) is 24.4. The molecule has 0 aliphatic carbocycles. The smallest absolute Gasteiger partial charge is 0.343 e. The number of hydrogen-bond acceptors (Lipinski definition) is 4. The minimum Gasteiger partial charge on any atom is -0.423 e. The molecule has 3 rings (SSSR count). The molecule has 0 bridgehead atoms. The van der Waals surface area contributed by atoms with Crippen molar-refractivity contribution in [1.82, 2.24) is 0 Å². The van der Waals surface area contributed by atoms with E-state index < -0.39 is 17.8 Å². The molecule has 154 valence electrons. The molecular formula is C25H23FO4. The zero-order chi connectivity index (χ0) is 21.3. The van der Waals surface area contributed by atoms with Gasteiger partial charge in [0, 0.05) is 0 Å². The Hall–Kier alpha value is -3.47. The summed E-state index contributed by atoms with van der Waals surface area (Å²) in [6, 6.07) is 18.6. The van der Waals surface area contributed by atoms with Gasteiger partial charge >= 0.3 is 11.9 Å². The first-order chi connectivity index (χ1) is 14.5. The average Bonchev–Trinajstić information content (AvgIpc) is 2.76. The molecule has 0 saturated carbocycles. The van der Waals surface area contributed by atoms with Crippen molar-refractivity contribution in [1.29, 1.82) is 0 Å². The topological polar surface area (TPSA) is 52.6 Å². The lowest BCUT2D eigenvalue weighted by atomic mass is 10.1. The predicted octanol–water partition coefficient (Wildman–Crippen LogP) is 6.00. The Bertz CT molecular complexity index is 977. The monoisotopic (exact) mass is 406 g/mol. The van der Waals surface area contributed by atoms with Crippen molar-refractivity contribution < 1.29 is 23.5 Å². The average molecular weight is 406 g/mol. The van der Waals surface area contributed by atoms with Crippen LogP contribution in [0, 0.1) is 5.82 Å². The molecule has 0 aliphatic rings. The first kappa shape index (κ1) is 21.2. The maximum absolute atomic E-state index is 12.9. The molecule has 0 aliphatic heterocycles. The van der Waals surface area contributed by atoms with Gasteiger partial charge in [-0.25, -0.2) is 14.0 Å². The van der Waals surface area contributed by atoms with E-state index in [0.29, 0.717) is 11.3 Å². The van der Waals surface area contributed by atoms with Crippen LogP contribution in [0.5, 0.6) is 11.5 Å². The molecule has 3 aromatic carbocycles. The van der Waals surface area contributed by atoms with Crippen LogP contribution in [0.3, 0.4) is 0 Å². The molecule has 0 radical (unpaired) electrons. The summed E-state index contributed by atoms with van der Waals surface area (Å²) in [6.07, 6.45) is 4.54.